The fourth-order valence-electron chi connectivity index (χ4n) is 3.85. The Morgan fingerprint density at radius 3 is 2.33 bits per heavy atom. The lowest BCUT2D eigenvalue weighted by Gasteiger charge is -2.15. The van der Waals surface area contributed by atoms with E-state index < -0.39 is 17.7 Å². The summed E-state index contributed by atoms with van der Waals surface area (Å²) in [6.07, 6.45) is 0. The highest BCUT2D eigenvalue weighted by atomic mass is 35.5. The molecule has 36 heavy (non-hydrogen) atoms. The van der Waals surface area contributed by atoms with Crippen molar-refractivity contribution in [1.82, 2.24) is 4.68 Å². The van der Waals surface area contributed by atoms with Crippen LogP contribution in [0.15, 0.2) is 66.7 Å². The first kappa shape index (κ1) is 24.8. The minimum atomic E-state index is -0.963. The molecule has 0 atom stereocenters. The van der Waals surface area contributed by atoms with Gasteiger partial charge in [-0.1, -0.05) is 41.9 Å². The summed E-state index contributed by atoms with van der Waals surface area (Å²) in [5.41, 5.74) is 5.99. The van der Waals surface area contributed by atoms with Crippen LogP contribution in [-0.4, -0.2) is 29.0 Å². The molecule has 3 amide bonds. The molecule has 0 radical (unpaired) electrons. The van der Waals surface area contributed by atoms with Gasteiger partial charge in [0.05, 0.1) is 17.8 Å². The number of anilines is 2. The van der Waals surface area contributed by atoms with E-state index in [1.807, 2.05) is 39.0 Å². The summed E-state index contributed by atoms with van der Waals surface area (Å²) in [6.45, 7) is 6.00. The van der Waals surface area contributed by atoms with Gasteiger partial charge in [-0.05, 0) is 68.3 Å². The van der Waals surface area contributed by atoms with Crippen molar-refractivity contribution in [2.24, 2.45) is 0 Å². The van der Waals surface area contributed by atoms with Crippen molar-refractivity contribution >= 4 is 51.6 Å². The normalized spacial score (nSPS) is 10.7. The van der Waals surface area contributed by atoms with Crippen molar-refractivity contribution in [2.75, 3.05) is 22.7 Å². The molecule has 0 saturated heterocycles. The number of nitrogens with zero attached hydrogens (tertiary/aromatic N) is 1. The zero-order valence-corrected chi connectivity index (χ0v) is 20.8. The third-order valence-corrected chi connectivity index (χ3v) is 5.81. The Bertz CT molecular complexity index is 1460. The fourth-order valence-corrected chi connectivity index (χ4v) is 4.03. The van der Waals surface area contributed by atoms with E-state index >= 15 is 0 Å². The van der Waals surface area contributed by atoms with E-state index in [2.05, 4.69) is 16.1 Å². The lowest BCUT2D eigenvalue weighted by atomic mass is 10.1. The highest BCUT2D eigenvalue weighted by Crippen LogP contribution is 2.26. The number of aromatic nitrogens is 1. The van der Waals surface area contributed by atoms with Gasteiger partial charge < -0.3 is 15.4 Å². The zero-order valence-electron chi connectivity index (χ0n) is 20.0. The second kappa shape index (κ2) is 10.5. The lowest BCUT2D eigenvalue weighted by Crippen LogP contribution is -2.36. The van der Waals surface area contributed by atoms with Crippen molar-refractivity contribution in [3.05, 3.63) is 88.6 Å². The van der Waals surface area contributed by atoms with Crippen molar-refractivity contribution in [3.63, 3.8) is 0 Å². The van der Waals surface area contributed by atoms with Gasteiger partial charge in [0.1, 0.15) is 11.4 Å². The van der Waals surface area contributed by atoms with Crippen molar-refractivity contribution < 1.29 is 19.1 Å². The molecule has 1 aromatic heterocycles. The molecule has 9 heteroatoms. The Kier molecular flexibility index (Phi) is 7.26. The fraction of sp³-hybridized carbons (Fsp3) is 0.148. The molecule has 8 nitrogen and oxygen atoms in total. The molecule has 184 valence electrons. The molecule has 0 spiro atoms. The highest BCUT2D eigenvalue weighted by Gasteiger charge is 2.22. The largest absolute Gasteiger partial charge is 0.492 e. The second-order valence-corrected chi connectivity index (χ2v) is 8.55. The Morgan fingerprint density at radius 2 is 1.61 bits per heavy atom. The van der Waals surface area contributed by atoms with E-state index in [9.17, 15) is 14.4 Å². The number of aryl methyl sites for hydroxylation is 2. The number of amides is 3. The zero-order chi connectivity index (χ0) is 25.8. The van der Waals surface area contributed by atoms with E-state index in [0.29, 0.717) is 39.7 Å². The summed E-state index contributed by atoms with van der Waals surface area (Å²) in [7, 11) is 0. The predicted molar refractivity (Wildman–Crippen MR) is 141 cm³/mol. The molecule has 0 aliphatic carbocycles. The van der Waals surface area contributed by atoms with Gasteiger partial charge in [0.2, 0.25) is 0 Å². The standard InChI is InChI=1S/C27H25ClN4O4/c1-4-36-23-11-6-5-10-20(23)29-26(34)27(35)31-32-21-13-12-19(28)14-18(21)15-22(32)25(33)30-24-16(2)8-7-9-17(24)3/h5-15H,4H2,1-3H3,(H,29,34)(H,30,33)(H,31,35). The first-order valence-electron chi connectivity index (χ1n) is 11.3. The van der Waals surface area contributed by atoms with Crippen LogP contribution in [0.4, 0.5) is 11.4 Å². The van der Waals surface area contributed by atoms with Crippen molar-refractivity contribution in [2.45, 2.75) is 20.8 Å². The molecule has 0 fully saturated rings. The van der Waals surface area contributed by atoms with Gasteiger partial charge in [0, 0.05) is 16.1 Å². The first-order chi connectivity index (χ1) is 17.3. The number of nitrogens with one attached hydrogen (secondary N) is 3. The van der Waals surface area contributed by atoms with Crippen LogP contribution in [0.2, 0.25) is 5.02 Å². The maximum Gasteiger partial charge on any atom is 0.328 e. The third-order valence-electron chi connectivity index (χ3n) is 5.57. The minimum Gasteiger partial charge on any atom is -0.492 e. The third kappa shape index (κ3) is 5.18. The van der Waals surface area contributed by atoms with Gasteiger partial charge in [0.15, 0.2) is 0 Å². The van der Waals surface area contributed by atoms with Gasteiger partial charge in [-0.2, -0.15) is 0 Å². The summed E-state index contributed by atoms with van der Waals surface area (Å²) in [5, 5.41) is 6.56. The quantitative estimate of drug-likeness (QED) is 0.311. The molecule has 0 saturated carbocycles. The number of rotatable bonds is 6. The van der Waals surface area contributed by atoms with Crippen LogP contribution >= 0.6 is 11.6 Å². The van der Waals surface area contributed by atoms with Crippen LogP contribution in [-0.2, 0) is 9.59 Å². The number of fused-ring (bicyclic) bond motifs is 1. The SMILES string of the molecule is CCOc1ccccc1NC(=O)C(=O)Nn1c(C(=O)Nc2c(C)cccc2C)cc2cc(Cl)ccc21. The number of para-hydroxylation sites is 3. The summed E-state index contributed by atoms with van der Waals surface area (Å²) in [5.74, 6) is -1.90. The van der Waals surface area contributed by atoms with Gasteiger partial charge in [-0.3, -0.25) is 19.8 Å². The topological polar surface area (TPSA) is 101 Å². The number of carbonyl (C=O) groups excluding carboxylic acids is 3. The molecule has 0 aliphatic rings. The Labute approximate surface area is 213 Å². The predicted octanol–water partition coefficient (Wildman–Crippen LogP) is 5.27. The van der Waals surface area contributed by atoms with E-state index in [-0.39, 0.29) is 5.69 Å². The van der Waals surface area contributed by atoms with Crippen LogP contribution in [0.25, 0.3) is 10.9 Å². The molecule has 3 N–H and O–H groups in total. The Hall–Kier alpha value is -4.30. The summed E-state index contributed by atoms with van der Waals surface area (Å²) in [6, 6.07) is 19.1. The van der Waals surface area contributed by atoms with E-state index in [0.717, 1.165) is 11.1 Å². The van der Waals surface area contributed by atoms with Crippen LogP contribution in [0, 0.1) is 13.8 Å². The van der Waals surface area contributed by atoms with Gasteiger partial charge in [-0.15, -0.1) is 0 Å². The summed E-state index contributed by atoms with van der Waals surface area (Å²) < 4.78 is 6.78. The van der Waals surface area contributed by atoms with E-state index in [1.165, 1.54) is 4.68 Å². The van der Waals surface area contributed by atoms with Crippen LogP contribution in [0.1, 0.15) is 28.5 Å². The second-order valence-electron chi connectivity index (χ2n) is 8.11. The number of ether oxygens (including phenoxy) is 1. The first-order valence-corrected chi connectivity index (χ1v) is 11.7. The van der Waals surface area contributed by atoms with Crippen molar-refractivity contribution in [1.29, 1.82) is 0 Å². The Balaban J connectivity index is 1.64. The smallest absolute Gasteiger partial charge is 0.328 e. The molecular formula is C27H25ClN4O4. The van der Waals surface area contributed by atoms with Crippen molar-refractivity contribution in [3.8, 4) is 5.75 Å². The monoisotopic (exact) mass is 504 g/mol. The Morgan fingerprint density at radius 1 is 0.889 bits per heavy atom. The van der Waals surface area contributed by atoms with Gasteiger partial charge >= 0.3 is 11.8 Å². The van der Waals surface area contributed by atoms with Crippen LogP contribution < -0.4 is 20.8 Å². The maximum atomic E-state index is 13.3. The van der Waals surface area contributed by atoms with E-state index in [4.69, 9.17) is 16.3 Å². The molecule has 0 bridgehead atoms. The molecular weight excluding hydrogens is 480 g/mol. The molecule has 0 aliphatic heterocycles. The lowest BCUT2D eigenvalue weighted by molar-refractivity contribution is -0.133. The number of carbonyl (C=O) groups is 3. The molecule has 4 rings (SSSR count). The molecule has 0 unspecified atom stereocenters. The number of hydrogen-bond donors (Lipinski definition) is 3. The summed E-state index contributed by atoms with van der Waals surface area (Å²) >= 11 is 6.15. The average Bonchev–Trinajstić information content (AvgIpc) is 3.20. The average molecular weight is 505 g/mol. The maximum absolute atomic E-state index is 13.3. The molecule has 1 heterocycles. The van der Waals surface area contributed by atoms with Gasteiger partial charge in [-0.25, -0.2) is 4.68 Å². The van der Waals surface area contributed by atoms with Crippen LogP contribution in [0.3, 0.4) is 0 Å². The molecule has 4 aromatic rings. The molecule has 3 aromatic carbocycles. The number of hydrogen-bond acceptors (Lipinski definition) is 4. The van der Waals surface area contributed by atoms with E-state index in [1.54, 1.807) is 48.5 Å². The minimum absolute atomic E-state index is 0.130. The highest BCUT2D eigenvalue weighted by molar-refractivity contribution is 6.42. The number of halogens is 1. The van der Waals surface area contributed by atoms with Crippen LogP contribution in [0.5, 0.6) is 5.75 Å². The summed E-state index contributed by atoms with van der Waals surface area (Å²) in [4.78, 5) is 38.9. The van der Waals surface area contributed by atoms with Gasteiger partial charge in [0.25, 0.3) is 5.91 Å². The number of benzene rings is 3.